The molecular weight excluding hydrogens is 180 g/mol. The lowest BCUT2D eigenvalue weighted by Crippen LogP contribution is -2.51. The highest BCUT2D eigenvalue weighted by Crippen LogP contribution is 2.21. The monoisotopic (exact) mass is 198 g/mol. The molecule has 1 N–H and O–H groups in total. The summed E-state index contributed by atoms with van der Waals surface area (Å²) in [5.74, 6) is 0.220. The van der Waals surface area contributed by atoms with Crippen molar-refractivity contribution < 1.29 is 9.53 Å². The molecule has 2 rings (SSSR count). The van der Waals surface area contributed by atoms with Crippen molar-refractivity contribution in [3.63, 3.8) is 0 Å². The number of carbonyl (C=O) groups is 1. The Hall–Kier alpha value is -0.610. The first kappa shape index (κ1) is 9.93. The van der Waals surface area contributed by atoms with Crippen LogP contribution >= 0.6 is 0 Å². The smallest absolute Gasteiger partial charge is 0.239 e. The molecule has 2 aliphatic rings. The van der Waals surface area contributed by atoms with Gasteiger partial charge in [-0.05, 0) is 19.8 Å². The summed E-state index contributed by atoms with van der Waals surface area (Å²) in [6.07, 6.45) is 1.92. The summed E-state index contributed by atoms with van der Waals surface area (Å²) in [5.41, 5.74) is 0.00546. The molecule has 2 unspecified atom stereocenters. The highest BCUT2D eigenvalue weighted by molar-refractivity contribution is 5.83. The van der Waals surface area contributed by atoms with Gasteiger partial charge in [0.2, 0.25) is 5.91 Å². The Bertz CT molecular complexity index is 236. The normalized spacial score (nSPS) is 38.3. The molecule has 0 spiro atoms. The second kappa shape index (κ2) is 3.51. The Morgan fingerprint density at radius 1 is 1.64 bits per heavy atom. The van der Waals surface area contributed by atoms with Crippen LogP contribution < -0.4 is 5.32 Å². The lowest BCUT2D eigenvalue weighted by Gasteiger charge is -2.27. The number of ether oxygens (including phenoxy) is 1. The number of likely N-dealkylation sites (N-methyl/N-ethyl adjacent to an activating group) is 1. The molecule has 2 saturated heterocycles. The summed E-state index contributed by atoms with van der Waals surface area (Å²) >= 11 is 0. The Labute approximate surface area is 84.6 Å². The number of carbonyl (C=O) groups excluding carboxylic acids is 1. The number of nitrogens with one attached hydrogen (secondary N) is 1. The van der Waals surface area contributed by atoms with Gasteiger partial charge in [-0.2, -0.15) is 0 Å². The molecule has 0 saturated carbocycles. The minimum atomic E-state index is 0.00546. The maximum absolute atomic E-state index is 11.7. The number of likely N-dealkylation sites (tertiary alicyclic amines) is 1. The third kappa shape index (κ3) is 1.77. The fourth-order valence-electron chi connectivity index (χ4n) is 2.16. The van der Waals surface area contributed by atoms with Crippen molar-refractivity contribution in [2.45, 2.75) is 31.3 Å². The number of hydrogen-bond acceptors (Lipinski definition) is 3. The van der Waals surface area contributed by atoms with E-state index in [0.717, 1.165) is 32.6 Å². The van der Waals surface area contributed by atoms with Gasteiger partial charge in [0.15, 0.2) is 0 Å². The van der Waals surface area contributed by atoms with Crippen LogP contribution in [0.3, 0.4) is 0 Å². The van der Waals surface area contributed by atoms with E-state index in [-0.39, 0.29) is 17.5 Å². The summed E-state index contributed by atoms with van der Waals surface area (Å²) in [5, 5.41) is 3.42. The average Bonchev–Trinajstić information content (AvgIpc) is 2.68. The first-order valence-corrected chi connectivity index (χ1v) is 5.21. The molecule has 80 valence electrons. The third-order valence-corrected chi connectivity index (χ3v) is 3.17. The van der Waals surface area contributed by atoms with Gasteiger partial charge in [0.1, 0.15) is 0 Å². The Kier molecular flexibility index (Phi) is 2.49. The van der Waals surface area contributed by atoms with Crippen molar-refractivity contribution in [2.24, 2.45) is 0 Å². The Morgan fingerprint density at radius 3 is 2.93 bits per heavy atom. The molecule has 0 aromatic heterocycles. The SMILES string of the molecule is CN1CCC(NC2(C)CCOC2)C1=O. The molecule has 4 nitrogen and oxygen atoms in total. The average molecular weight is 198 g/mol. The van der Waals surface area contributed by atoms with Crippen LogP contribution in [0.4, 0.5) is 0 Å². The van der Waals surface area contributed by atoms with Gasteiger partial charge in [-0.3, -0.25) is 10.1 Å². The van der Waals surface area contributed by atoms with Gasteiger partial charge < -0.3 is 9.64 Å². The first-order valence-electron chi connectivity index (χ1n) is 5.21. The van der Waals surface area contributed by atoms with Crippen molar-refractivity contribution in [1.82, 2.24) is 10.2 Å². The zero-order valence-corrected chi connectivity index (χ0v) is 8.88. The number of nitrogens with zero attached hydrogens (tertiary/aromatic N) is 1. The van der Waals surface area contributed by atoms with Crippen LogP contribution in [-0.4, -0.2) is 49.2 Å². The summed E-state index contributed by atoms with van der Waals surface area (Å²) in [4.78, 5) is 13.4. The zero-order valence-electron chi connectivity index (χ0n) is 8.88. The van der Waals surface area contributed by atoms with Crippen molar-refractivity contribution in [3.8, 4) is 0 Å². The van der Waals surface area contributed by atoms with Gasteiger partial charge in [-0.1, -0.05) is 0 Å². The molecule has 0 aromatic rings. The van der Waals surface area contributed by atoms with Crippen molar-refractivity contribution >= 4 is 5.91 Å². The molecule has 0 aromatic carbocycles. The predicted molar refractivity (Wildman–Crippen MR) is 53.0 cm³/mol. The van der Waals surface area contributed by atoms with E-state index < -0.39 is 0 Å². The van der Waals surface area contributed by atoms with Crippen molar-refractivity contribution in [1.29, 1.82) is 0 Å². The fourth-order valence-corrected chi connectivity index (χ4v) is 2.16. The van der Waals surface area contributed by atoms with Gasteiger partial charge in [0, 0.05) is 25.7 Å². The van der Waals surface area contributed by atoms with Gasteiger partial charge in [-0.15, -0.1) is 0 Å². The minimum absolute atomic E-state index is 0.00546. The summed E-state index contributed by atoms with van der Waals surface area (Å²) in [6.45, 7) is 4.53. The van der Waals surface area contributed by atoms with E-state index in [1.54, 1.807) is 4.90 Å². The van der Waals surface area contributed by atoms with E-state index >= 15 is 0 Å². The van der Waals surface area contributed by atoms with Crippen LogP contribution in [0.25, 0.3) is 0 Å². The molecule has 2 fully saturated rings. The number of amides is 1. The van der Waals surface area contributed by atoms with Gasteiger partial charge in [0.05, 0.1) is 12.6 Å². The van der Waals surface area contributed by atoms with Crippen LogP contribution in [0, 0.1) is 0 Å². The fraction of sp³-hybridized carbons (Fsp3) is 0.900. The molecule has 14 heavy (non-hydrogen) atoms. The van der Waals surface area contributed by atoms with Crippen molar-refractivity contribution in [2.75, 3.05) is 26.8 Å². The van der Waals surface area contributed by atoms with Gasteiger partial charge in [0.25, 0.3) is 0 Å². The lowest BCUT2D eigenvalue weighted by atomic mass is 10.00. The van der Waals surface area contributed by atoms with Crippen molar-refractivity contribution in [3.05, 3.63) is 0 Å². The van der Waals surface area contributed by atoms with E-state index in [1.165, 1.54) is 0 Å². The second-order valence-electron chi connectivity index (χ2n) is 4.61. The second-order valence-corrected chi connectivity index (χ2v) is 4.61. The Morgan fingerprint density at radius 2 is 2.43 bits per heavy atom. The molecule has 1 amide bonds. The summed E-state index contributed by atoms with van der Waals surface area (Å²) < 4.78 is 5.35. The van der Waals surface area contributed by atoms with E-state index in [4.69, 9.17) is 4.74 Å². The highest BCUT2D eigenvalue weighted by atomic mass is 16.5. The highest BCUT2D eigenvalue weighted by Gasteiger charge is 2.37. The van der Waals surface area contributed by atoms with E-state index in [1.807, 2.05) is 7.05 Å². The zero-order chi connectivity index (χ0) is 10.2. The topological polar surface area (TPSA) is 41.6 Å². The van der Waals surface area contributed by atoms with Crippen LogP contribution in [-0.2, 0) is 9.53 Å². The molecule has 0 aliphatic carbocycles. The maximum atomic E-state index is 11.7. The quantitative estimate of drug-likeness (QED) is 0.678. The molecule has 2 atom stereocenters. The predicted octanol–water partition coefficient (Wildman–Crippen LogP) is -0.0143. The standard InChI is InChI=1S/C10H18N2O2/c1-10(4-6-14-7-10)11-8-3-5-12(2)9(8)13/h8,11H,3-7H2,1-2H3. The largest absolute Gasteiger partial charge is 0.379 e. The molecular formula is C10H18N2O2. The molecule has 2 aliphatic heterocycles. The first-order chi connectivity index (χ1) is 6.61. The summed E-state index contributed by atoms with van der Waals surface area (Å²) in [6, 6.07) is 0.00620. The molecule has 4 heteroatoms. The van der Waals surface area contributed by atoms with Crippen LogP contribution in [0.15, 0.2) is 0 Å². The molecule has 2 heterocycles. The van der Waals surface area contributed by atoms with Gasteiger partial charge in [-0.25, -0.2) is 0 Å². The molecule has 0 radical (unpaired) electrons. The van der Waals surface area contributed by atoms with E-state index in [0.29, 0.717) is 0 Å². The molecule has 0 bridgehead atoms. The Balaban J connectivity index is 1.94. The maximum Gasteiger partial charge on any atom is 0.239 e. The third-order valence-electron chi connectivity index (χ3n) is 3.17. The van der Waals surface area contributed by atoms with Crippen LogP contribution in [0.2, 0.25) is 0 Å². The summed E-state index contributed by atoms with van der Waals surface area (Å²) in [7, 11) is 1.86. The van der Waals surface area contributed by atoms with Crippen LogP contribution in [0.5, 0.6) is 0 Å². The lowest BCUT2D eigenvalue weighted by molar-refractivity contribution is -0.128. The number of hydrogen-bond donors (Lipinski definition) is 1. The van der Waals surface area contributed by atoms with Gasteiger partial charge >= 0.3 is 0 Å². The minimum Gasteiger partial charge on any atom is -0.379 e. The van der Waals surface area contributed by atoms with E-state index in [9.17, 15) is 4.79 Å². The number of rotatable bonds is 2. The van der Waals surface area contributed by atoms with Crippen LogP contribution in [0.1, 0.15) is 19.8 Å². The van der Waals surface area contributed by atoms with E-state index in [2.05, 4.69) is 12.2 Å².